The Hall–Kier alpha value is -2.67. The summed E-state index contributed by atoms with van der Waals surface area (Å²) in [6, 6.07) is 10.3. The molecule has 27 heavy (non-hydrogen) atoms. The smallest absolute Gasteiger partial charge is 0.258 e. The van der Waals surface area contributed by atoms with Crippen molar-refractivity contribution in [1.82, 2.24) is 19.9 Å². The lowest BCUT2D eigenvalue weighted by atomic mass is 10.2. The second-order valence-electron chi connectivity index (χ2n) is 5.59. The zero-order valence-electron chi connectivity index (χ0n) is 13.5. The third kappa shape index (κ3) is 3.60. The number of hydrogen-bond acceptors (Lipinski definition) is 4. The molecule has 0 spiro atoms. The van der Waals surface area contributed by atoms with Gasteiger partial charge < -0.3 is 4.98 Å². The van der Waals surface area contributed by atoms with Crippen molar-refractivity contribution < 1.29 is 4.79 Å². The average Bonchev–Trinajstić information content (AvgIpc) is 3.06. The molecule has 0 unspecified atom stereocenters. The van der Waals surface area contributed by atoms with E-state index in [1.807, 2.05) is 0 Å². The average molecular weight is 419 g/mol. The van der Waals surface area contributed by atoms with E-state index in [1.165, 1.54) is 12.4 Å². The Labute approximate surface area is 168 Å². The van der Waals surface area contributed by atoms with Crippen LogP contribution in [0.25, 0.3) is 22.4 Å². The number of carbonyl (C=O) groups is 1. The molecule has 0 saturated heterocycles. The number of H-pyrrole nitrogens is 1. The molecule has 2 N–H and O–H groups in total. The van der Waals surface area contributed by atoms with Gasteiger partial charge in [-0.1, -0.05) is 40.9 Å². The molecule has 6 nitrogen and oxygen atoms in total. The van der Waals surface area contributed by atoms with Crippen LogP contribution in [0.3, 0.4) is 0 Å². The Morgan fingerprint density at radius 2 is 1.70 bits per heavy atom. The van der Waals surface area contributed by atoms with Gasteiger partial charge in [0.2, 0.25) is 5.95 Å². The van der Waals surface area contributed by atoms with E-state index in [4.69, 9.17) is 34.8 Å². The summed E-state index contributed by atoms with van der Waals surface area (Å²) < 4.78 is 0. The van der Waals surface area contributed by atoms with Crippen molar-refractivity contribution in [3.8, 4) is 11.4 Å². The molecular weight excluding hydrogens is 409 g/mol. The predicted molar refractivity (Wildman–Crippen MR) is 107 cm³/mol. The van der Waals surface area contributed by atoms with Gasteiger partial charge in [-0.2, -0.15) is 0 Å². The Morgan fingerprint density at radius 1 is 1.00 bits per heavy atom. The summed E-state index contributed by atoms with van der Waals surface area (Å²) in [5, 5.41) is 3.97. The number of anilines is 1. The van der Waals surface area contributed by atoms with E-state index in [0.29, 0.717) is 43.1 Å². The molecule has 4 rings (SSSR count). The summed E-state index contributed by atoms with van der Waals surface area (Å²) >= 11 is 18.2. The third-order valence-electron chi connectivity index (χ3n) is 3.79. The van der Waals surface area contributed by atoms with Crippen LogP contribution in [0.15, 0.2) is 48.8 Å². The number of rotatable bonds is 3. The van der Waals surface area contributed by atoms with Crippen molar-refractivity contribution in [2.45, 2.75) is 0 Å². The number of aromatic nitrogens is 4. The van der Waals surface area contributed by atoms with Crippen molar-refractivity contribution in [3.05, 3.63) is 69.4 Å². The van der Waals surface area contributed by atoms with Crippen molar-refractivity contribution in [2.24, 2.45) is 0 Å². The second-order valence-corrected chi connectivity index (χ2v) is 6.84. The maximum Gasteiger partial charge on any atom is 0.258 e. The first kappa shape index (κ1) is 17.7. The maximum atomic E-state index is 12.4. The zero-order valence-corrected chi connectivity index (χ0v) is 15.8. The lowest BCUT2D eigenvalue weighted by Gasteiger charge is -2.03. The minimum atomic E-state index is -0.355. The normalized spacial score (nSPS) is 10.9. The molecule has 0 aliphatic carbocycles. The van der Waals surface area contributed by atoms with Crippen molar-refractivity contribution in [1.29, 1.82) is 0 Å². The van der Waals surface area contributed by atoms with Gasteiger partial charge in [0.15, 0.2) is 0 Å². The highest BCUT2D eigenvalue weighted by Crippen LogP contribution is 2.33. The number of amides is 1. The maximum absolute atomic E-state index is 12.4. The van der Waals surface area contributed by atoms with E-state index in [1.54, 1.807) is 36.4 Å². The third-order valence-corrected chi connectivity index (χ3v) is 4.61. The summed E-state index contributed by atoms with van der Waals surface area (Å²) in [5.41, 5.74) is 2.38. The molecule has 1 amide bonds. The molecule has 0 saturated carbocycles. The molecule has 134 valence electrons. The molecule has 0 aliphatic rings. The minimum absolute atomic E-state index is 0.164. The number of nitrogens with one attached hydrogen (secondary N) is 2. The molecule has 2 aromatic heterocycles. The monoisotopic (exact) mass is 417 g/mol. The second kappa shape index (κ2) is 7.15. The molecule has 4 aromatic rings. The van der Waals surface area contributed by atoms with Crippen LogP contribution in [0.5, 0.6) is 0 Å². The van der Waals surface area contributed by atoms with Crippen LogP contribution in [-0.2, 0) is 0 Å². The van der Waals surface area contributed by atoms with Crippen molar-refractivity contribution in [2.75, 3.05) is 5.32 Å². The van der Waals surface area contributed by atoms with Gasteiger partial charge in [0.05, 0.1) is 44.1 Å². The molecule has 0 bridgehead atoms. The molecule has 0 radical (unpaired) electrons. The fraction of sp³-hybridized carbons (Fsp3) is 0. The van der Waals surface area contributed by atoms with E-state index in [2.05, 4.69) is 25.3 Å². The number of benzene rings is 2. The van der Waals surface area contributed by atoms with Gasteiger partial charge in [-0.15, -0.1) is 0 Å². The van der Waals surface area contributed by atoms with Crippen LogP contribution in [0.1, 0.15) is 10.4 Å². The van der Waals surface area contributed by atoms with Crippen molar-refractivity contribution >= 4 is 57.7 Å². The van der Waals surface area contributed by atoms with Crippen LogP contribution < -0.4 is 5.32 Å². The highest BCUT2D eigenvalue weighted by molar-refractivity contribution is 6.39. The molecular formula is C18H10Cl3N5O. The van der Waals surface area contributed by atoms with Gasteiger partial charge in [0.1, 0.15) is 5.82 Å². The lowest BCUT2D eigenvalue weighted by molar-refractivity contribution is 0.102. The van der Waals surface area contributed by atoms with Crippen LogP contribution in [-0.4, -0.2) is 25.8 Å². The van der Waals surface area contributed by atoms with Gasteiger partial charge >= 0.3 is 0 Å². The lowest BCUT2D eigenvalue weighted by Crippen LogP contribution is -2.13. The first-order valence-corrected chi connectivity index (χ1v) is 8.88. The Bertz CT molecular complexity index is 1140. The number of carbonyl (C=O) groups excluding carboxylic acids is 1. The van der Waals surface area contributed by atoms with E-state index in [-0.39, 0.29) is 11.9 Å². The molecule has 0 fully saturated rings. The van der Waals surface area contributed by atoms with E-state index >= 15 is 0 Å². The van der Waals surface area contributed by atoms with E-state index < -0.39 is 0 Å². The predicted octanol–water partition coefficient (Wildman–Crippen LogP) is 5.23. The SMILES string of the molecule is O=C(Nc1ncc(Cl)cn1)c1ccc2nc(-c3c(Cl)cccc3Cl)[nH]c2c1. The van der Waals surface area contributed by atoms with Crippen LogP contribution in [0.2, 0.25) is 15.1 Å². The largest absolute Gasteiger partial charge is 0.338 e. The number of hydrogen-bond donors (Lipinski definition) is 2. The van der Waals surface area contributed by atoms with E-state index in [9.17, 15) is 4.79 Å². The molecule has 0 aliphatic heterocycles. The highest BCUT2D eigenvalue weighted by atomic mass is 35.5. The Kier molecular flexibility index (Phi) is 4.70. The van der Waals surface area contributed by atoms with Gasteiger partial charge in [0, 0.05) is 5.56 Å². The summed E-state index contributed by atoms with van der Waals surface area (Å²) in [5.74, 6) is 0.336. The van der Waals surface area contributed by atoms with Crippen LogP contribution in [0, 0.1) is 0 Å². The van der Waals surface area contributed by atoms with Crippen LogP contribution >= 0.6 is 34.8 Å². The number of fused-ring (bicyclic) bond motifs is 1. The quantitative estimate of drug-likeness (QED) is 0.477. The Balaban J connectivity index is 1.66. The fourth-order valence-corrected chi connectivity index (χ4v) is 3.22. The van der Waals surface area contributed by atoms with Crippen LogP contribution in [0.4, 0.5) is 5.95 Å². The highest BCUT2D eigenvalue weighted by Gasteiger charge is 2.14. The van der Waals surface area contributed by atoms with Gasteiger partial charge in [0.25, 0.3) is 5.91 Å². The summed E-state index contributed by atoms with van der Waals surface area (Å²) in [7, 11) is 0. The number of imidazole rings is 1. The van der Waals surface area contributed by atoms with Crippen molar-refractivity contribution in [3.63, 3.8) is 0 Å². The first-order valence-electron chi connectivity index (χ1n) is 7.74. The molecule has 2 aromatic carbocycles. The number of aromatic amines is 1. The van der Waals surface area contributed by atoms with E-state index in [0.717, 1.165) is 0 Å². The summed E-state index contributed by atoms with van der Waals surface area (Å²) in [6.45, 7) is 0. The minimum Gasteiger partial charge on any atom is -0.338 e. The fourth-order valence-electron chi connectivity index (χ4n) is 2.54. The topological polar surface area (TPSA) is 83.6 Å². The summed E-state index contributed by atoms with van der Waals surface area (Å²) in [4.78, 5) is 28.0. The molecule has 9 heteroatoms. The number of nitrogens with zero attached hydrogens (tertiary/aromatic N) is 3. The Morgan fingerprint density at radius 3 is 2.41 bits per heavy atom. The molecule has 2 heterocycles. The molecule has 0 atom stereocenters. The first-order chi connectivity index (χ1) is 13.0. The zero-order chi connectivity index (χ0) is 19.0. The van der Waals surface area contributed by atoms with Gasteiger partial charge in [-0.05, 0) is 30.3 Å². The van der Waals surface area contributed by atoms with Gasteiger partial charge in [-0.3, -0.25) is 10.1 Å². The standard InChI is InChI=1S/C18H10Cl3N5O/c19-10-7-22-18(23-8-10)26-17(27)9-4-5-13-14(6-9)25-16(24-13)15-11(20)2-1-3-12(15)21/h1-8H,(H,24,25)(H,22,23,26,27). The summed E-state index contributed by atoms with van der Waals surface area (Å²) in [6.07, 6.45) is 2.81. The number of halogens is 3. The van der Waals surface area contributed by atoms with Gasteiger partial charge in [-0.25, -0.2) is 15.0 Å².